The monoisotopic (exact) mass is 403 g/mol. The number of pyridine rings is 1. The van der Waals surface area contributed by atoms with E-state index in [1.165, 1.54) is 6.92 Å². The molecule has 9 nitrogen and oxygen atoms in total. The van der Waals surface area contributed by atoms with Crippen LogP contribution in [0.15, 0.2) is 42.9 Å². The molecule has 148 valence electrons. The second-order valence-corrected chi connectivity index (χ2v) is 7.89. The predicted octanol–water partition coefficient (Wildman–Crippen LogP) is 1.19. The number of anilines is 1. The predicted molar refractivity (Wildman–Crippen MR) is 105 cm³/mol. The molecule has 3 aromatic rings. The van der Waals surface area contributed by atoms with Crippen molar-refractivity contribution < 1.29 is 18.4 Å². The van der Waals surface area contributed by atoms with Gasteiger partial charge in [0.25, 0.3) is 0 Å². The van der Waals surface area contributed by atoms with Gasteiger partial charge in [-0.3, -0.25) is 14.7 Å². The van der Waals surface area contributed by atoms with E-state index in [2.05, 4.69) is 10.1 Å². The Morgan fingerprint density at radius 2 is 2.04 bits per heavy atom. The van der Waals surface area contributed by atoms with Crippen LogP contribution in [-0.4, -0.2) is 40.0 Å². The number of carbonyl (C=O) groups is 1. The summed E-state index contributed by atoms with van der Waals surface area (Å²) in [6, 6.07) is 7.68. The van der Waals surface area contributed by atoms with Gasteiger partial charge in [0.1, 0.15) is 16.5 Å². The standard InChI is InChI=1S/C18H21N5O4S/c1-18(11-28(26)27,17(24)22-25)4-5-23-10-15(9-21-23)12-2-3-13-8-20-16(19)7-14(13)6-12/h2-3,6-10,25,28H,4-5,11H2,1H3,(H2,19,20)(H,22,24). The van der Waals surface area contributed by atoms with Crippen molar-refractivity contribution in [3.05, 3.63) is 42.9 Å². The quantitative estimate of drug-likeness (QED) is 0.264. The van der Waals surface area contributed by atoms with Crippen molar-refractivity contribution in [3.8, 4) is 11.1 Å². The van der Waals surface area contributed by atoms with Crippen LogP contribution in [0.4, 0.5) is 5.82 Å². The number of thiol groups is 1. The molecular formula is C18H21N5O4S. The van der Waals surface area contributed by atoms with Crippen molar-refractivity contribution in [1.29, 1.82) is 0 Å². The minimum Gasteiger partial charge on any atom is -0.384 e. The molecule has 0 fully saturated rings. The van der Waals surface area contributed by atoms with Crippen LogP contribution >= 0.6 is 0 Å². The van der Waals surface area contributed by atoms with Crippen molar-refractivity contribution in [3.63, 3.8) is 0 Å². The lowest BCUT2D eigenvalue weighted by molar-refractivity contribution is -0.138. The zero-order valence-corrected chi connectivity index (χ0v) is 16.1. The summed E-state index contributed by atoms with van der Waals surface area (Å²) in [6.45, 7) is 1.81. The topological polar surface area (TPSA) is 140 Å². The minimum absolute atomic E-state index is 0.198. The Morgan fingerprint density at radius 3 is 2.75 bits per heavy atom. The number of fused-ring (bicyclic) bond motifs is 1. The van der Waals surface area contributed by atoms with Gasteiger partial charge in [-0.15, -0.1) is 0 Å². The molecule has 4 N–H and O–H groups in total. The molecule has 0 radical (unpaired) electrons. The molecule has 1 amide bonds. The Hall–Kier alpha value is -2.98. The Bertz CT molecular complexity index is 1090. The minimum atomic E-state index is -2.77. The Morgan fingerprint density at radius 1 is 1.25 bits per heavy atom. The van der Waals surface area contributed by atoms with Crippen LogP contribution in [0.1, 0.15) is 13.3 Å². The number of aromatic nitrogens is 3. The van der Waals surface area contributed by atoms with Crippen molar-refractivity contribution in [2.24, 2.45) is 5.41 Å². The first kappa shape index (κ1) is 19.8. The Labute approximate surface area is 163 Å². The van der Waals surface area contributed by atoms with Crippen LogP contribution in [0, 0.1) is 5.41 Å². The lowest BCUT2D eigenvalue weighted by Crippen LogP contribution is -2.41. The maximum Gasteiger partial charge on any atom is 0.250 e. The number of nitrogens with zero attached hydrogens (tertiary/aromatic N) is 3. The Balaban J connectivity index is 1.79. The summed E-state index contributed by atoms with van der Waals surface area (Å²) >= 11 is 0. The Kier molecular flexibility index (Phi) is 5.61. The molecule has 0 saturated heterocycles. The number of hydrogen-bond acceptors (Lipinski definition) is 7. The maximum atomic E-state index is 11.9. The number of aryl methyl sites for hydroxylation is 1. The van der Waals surface area contributed by atoms with Crippen LogP contribution < -0.4 is 11.2 Å². The summed E-state index contributed by atoms with van der Waals surface area (Å²) in [5.41, 5.74) is 7.87. The average molecular weight is 403 g/mol. The van der Waals surface area contributed by atoms with Crippen LogP contribution in [0.5, 0.6) is 0 Å². The molecule has 2 aromatic heterocycles. The van der Waals surface area contributed by atoms with Gasteiger partial charge in [-0.1, -0.05) is 12.1 Å². The van der Waals surface area contributed by atoms with Gasteiger partial charge in [0.05, 0.1) is 17.4 Å². The summed E-state index contributed by atoms with van der Waals surface area (Å²) in [7, 11) is -2.77. The SMILES string of the molecule is CC(CCn1cc(-c2ccc3cnc(N)cc3c2)cn1)(C[SH](=O)=O)C(=O)NO. The zero-order chi connectivity index (χ0) is 20.3. The van der Waals surface area contributed by atoms with E-state index < -0.39 is 22.0 Å². The van der Waals surface area contributed by atoms with Gasteiger partial charge < -0.3 is 5.73 Å². The molecule has 1 aromatic carbocycles. The molecule has 28 heavy (non-hydrogen) atoms. The lowest BCUT2D eigenvalue weighted by Gasteiger charge is -2.24. The first-order valence-electron chi connectivity index (χ1n) is 8.55. The molecule has 10 heteroatoms. The molecule has 2 heterocycles. The van der Waals surface area contributed by atoms with E-state index in [4.69, 9.17) is 10.9 Å². The van der Waals surface area contributed by atoms with Gasteiger partial charge in [-0.25, -0.2) is 18.9 Å². The van der Waals surface area contributed by atoms with E-state index in [-0.39, 0.29) is 12.2 Å². The highest BCUT2D eigenvalue weighted by atomic mass is 32.2. The highest BCUT2D eigenvalue weighted by Crippen LogP contribution is 2.26. The molecule has 1 atom stereocenters. The number of nitrogen functional groups attached to an aromatic ring is 1. The number of hydroxylamine groups is 1. The van der Waals surface area contributed by atoms with Crippen molar-refractivity contribution >= 4 is 33.2 Å². The van der Waals surface area contributed by atoms with E-state index in [1.807, 2.05) is 24.4 Å². The fraction of sp³-hybridized carbons (Fsp3) is 0.278. The fourth-order valence-electron chi connectivity index (χ4n) is 3.02. The molecule has 0 aliphatic rings. The van der Waals surface area contributed by atoms with Crippen LogP contribution in [0.25, 0.3) is 21.9 Å². The van der Waals surface area contributed by atoms with Crippen LogP contribution in [-0.2, 0) is 22.0 Å². The first-order chi connectivity index (χ1) is 13.3. The number of nitrogens with two attached hydrogens (primary N) is 1. The highest BCUT2D eigenvalue weighted by molar-refractivity contribution is 7.72. The van der Waals surface area contributed by atoms with Crippen molar-refractivity contribution in [2.45, 2.75) is 19.9 Å². The third-order valence-corrected chi connectivity index (χ3v) is 5.69. The largest absolute Gasteiger partial charge is 0.384 e. The second-order valence-electron chi connectivity index (χ2n) is 6.91. The third-order valence-electron chi connectivity index (χ3n) is 4.73. The summed E-state index contributed by atoms with van der Waals surface area (Å²) in [4.78, 5) is 16.0. The molecule has 0 spiro atoms. The molecule has 0 bridgehead atoms. The highest BCUT2D eigenvalue weighted by Gasteiger charge is 2.34. The van der Waals surface area contributed by atoms with Gasteiger partial charge >= 0.3 is 0 Å². The molecule has 0 aliphatic heterocycles. The fourth-order valence-corrected chi connectivity index (χ4v) is 3.89. The number of nitrogens with one attached hydrogen (secondary N) is 1. The second kappa shape index (κ2) is 7.95. The molecule has 0 saturated carbocycles. The average Bonchev–Trinajstić information content (AvgIpc) is 3.13. The van der Waals surface area contributed by atoms with Gasteiger partial charge in [-0.2, -0.15) is 5.10 Å². The van der Waals surface area contributed by atoms with E-state index in [9.17, 15) is 13.2 Å². The van der Waals surface area contributed by atoms with Gasteiger partial charge in [0.2, 0.25) is 5.91 Å². The van der Waals surface area contributed by atoms with E-state index in [0.29, 0.717) is 12.4 Å². The number of carbonyl (C=O) groups excluding carboxylic acids is 1. The summed E-state index contributed by atoms with van der Waals surface area (Å²) in [6.07, 6.45) is 5.43. The number of rotatable bonds is 7. The van der Waals surface area contributed by atoms with Gasteiger partial charge in [0, 0.05) is 29.9 Å². The van der Waals surface area contributed by atoms with E-state index >= 15 is 0 Å². The maximum absolute atomic E-state index is 11.9. The van der Waals surface area contributed by atoms with Crippen molar-refractivity contribution in [1.82, 2.24) is 20.2 Å². The molecular weight excluding hydrogens is 382 g/mol. The van der Waals surface area contributed by atoms with E-state index in [0.717, 1.165) is 21.9 Å². The zero-order valence-electron chi connectivity index (χ0n) is 15.2. The van der Waals surface area contributed by atoms with Crippen LogP contribution in [0.2, 0.25) is 0 Å². The summed E-state index contributed by atoms with van der Waals surface area (Å²) in [5, 5.41) is 15.1. The molecule has 3 rings (SSSR count). The smallest absolute Gasteiger partial charge is 0.250 e. The summed E-state index contributed by atoms with van der Waals surface area (Å²) in [5.74, 6) is -0.651. The van der Waals surface area contributed by atoms with Crippen LogP contribution in [0.3, 0.4) is 0 Å². The van der Waals surface area contributed by atoms with Gasteiger partial charge in [0.15, 0.2) is 0 Å². The third kappa shape index (κ3) is 4.29. The number of amides is 1. The first-order valence-corrected chi connectivity index (χ1v) is 9.91. The van der Waals surface area contributed by atoms with Crippen molar-refractivity contribution in [2.75, 3.05) is 11.5 Å². The number of benzene rings is 1. The van der Waals surface area contributed by atoms with E-state index in [1.54, 1.807) is 28.6 Å². The lowest BCUT2D eigenvalue weighted by atomic mass is 9.88. The van der Waals surface area contributed by atoms with Gasteiger partial charge in [-0.05, 0) is 36.4 Å². The summed E-state index contributed by atoms with van der Waals surface area (Å²) < 4.78 is 23.9. The molecule has 0 aliphatic carbocycles. The molecule has 1 unspecified atom stereocenters. The number of hydrogen-bond donors (Lipinski definition) is 4. The normalized spacial score (nSPS) is 13.5.